The van der Waals surface area contributed by atoms with E-state index in [-0.39, 0.29) is 17.0 Å². The van der Waals surface area contributed by atoms with Crippen molar-refractivity contribution >= 4 is 0 Å². The molecule has 2 fully saturated rings. The van der Waals surface area contributed by atoms with Crippen molar-refractivity contribution in [2.24, 2.45) is 12.8 Å². The summed E-state index contributed by atoms with van der Waals surface area (Å²) in [6.07, 6.45) is 9.62. The van der Waals surface area contributed by atoms with Gasteiger partial charge in [0.2, 0.25) is 6.04 Å². The van der Waals surface area contributed by atoms with Crippen LogP contribution in [-0.2, 0) is 7.05 Å². The first-order valence-electron chi connectivity index (χ1n) is 9.20. The number of piperidine rings is 1. The minimum Gasteiger partial charge on any atom is -0.334 e. The molecule has 3 rings (SSSR count). The molecule has 2 atom stereocenters. The van der Waals surface area contributed by atoms with E-state index in [1.807, 2.05) is 13.2 Å². The minimum absolute atomic E-state index is 0.0607. The van der Waals surface area contributed by atoms with Gasteiger partial charge < -0.3 is 15.6 Å². The number of hydrogen-bond donors (Lipinski definition) is 2. The summed E-state index contributed by atoms with van der Waals surface area (Å²) in [5.41, 5.74) is 7.60. The summed E-state index contributed by atoms with van der Waals surface area (Å²) in [4.78, 5) is 15.4. The smallest absolute Gasteiger partial charge is 0.213 e. The van der Waals surface area contributed by atoms with Crippen LogP contribution in [0.4, 0.5) is 0 Å². The first kappa shape index (κ1) is 17.4. The van der Waals surface area contributed by atoms with Crippen LogP contribution < -0.4 is 11.1 Å². The number of rotatable bonds is 5. The summed E-state index contributed by atoms with van der Waals surface area (Å²) in [5, 5.41) is 14.5. The molecule has 7 nitrogen and oxygen atoms in total. The molecule has 0 amide bonds. The lowest BCUT2D eigenvalue weighted by Crippen LogP contribution is -2.37. The maximum absolute atomic E-state index is 10.9. The Kier molecular flexibility index (Phi) is 5.50. The van der Waals surface area contributed by atoms with Gasteiger partial charge in [0.25, 0.3) is 0 Å². The molecule has 2 aliphatic rings. The standard InChI is InChI=1S/C17H29N5O2/c1-21-16(12-5-7-14(8-6-12)22(23)24)11-20-17(21)15(18)10-13-4-2-3-9-19-13/h11-15,19H,2-10,18H2,1H3/t12?,13?,14?,15-/m0/s1. The summed E-state index contributed by atoms with van der Waals surface area (Å²) in [5.74, 6) is 1.31. The van der Waals surface area contributed by atoms with E-state index in [1.54, 1.807) is 0 Å². The van der Waals surface area contributed by atoms with Gasteiger partial charge in [-0.25, -0.2) is 4.98 Å². The van der Waals surface area contributed by atoms with E-state index in [0.717, 1.165) is 31.6 Å². The summed E-state index contributed by atoms with van der Waals surface area (Å²) in [7, 11) is 2.03. The molecule has 0 aromatic carbocycles. The van der Waals surface area contributed by atoms with Crippen molar-refractivity contribution in [1.29, 1.82) is 0 Å². The fourth-order valence-corrected chi connectivity index (χ4v) is 4.28. The minimum atomic E-state index is -0.367. The Morgan fingerprint density at radius 1 is 1.38 bits per heavy atom. The highest BCUT2D eigenvalue weighted by atomic mass is 16.6. The highest BCUT2D eigenvalue weighted by Gasteiger charge is 2.31. The number of nitrogens with zero attached hydrogens (tertiary/aromatic N) is 3. The predicted octanol–water partition coefficient (Wildman–Crippen LogP) is 2.25. The fraction of sp³-hybridized carbons (Fsp3) is 0.824. The molecule has 1 aliphatic carbocycles. The first-order chi connectivity index (χ1) is 11.6. The Labute approximate surface area is 143 Å². The molecule has 1 saturated carbocycles. The lowest BCUT2D eigenvalue weighted by atomic mass is 9.84. The van der Waals surface area contributed by atoms with Crippen LogP contribution in [-0.4, -0.2) is 33.1 Å². The van der Waals surface area contributed by atoms with E-state index in [9.17, 15) is 10.1 Å². The Balaban J connectivity index is 1.62. The van der Waals surface area contributed by atoms with E-state index in [0.29, 0.717) is 24.8 Å². The molecule has 1 saturated heterocycles. The normalized spacial score (nSPS) is 29.3. The second-order valence-electron chi connectivity index (χ2n) is 7.38. The molecule has 1 aromatic rings. The molecule has 24 heavy (non-hydrogen) atoms. The molecule has 1 unspecified atom stereocenters. The van der Waals surface area contributed by atoms with Crippen molar-refractivity contribution in [3.8, 4) is 0 Å². The molecule has 1 aromatic heterocycles. The number of imidazole rings is 1. The maximum Gasteiger partial charge on any atom is 0.213 e. The van der Waals surface area contributed by atoms with Crippen LogP contribution in [0.1, 0.15) is 74.8 Å². The number of nitrogens with two attached hydrogens (primary N) is 1. The highest BCUT2D eigenvalue weighted by molar-refractivity contribution is 5.14. The Hall–Kier alpha value is -1.47. The Morgan fingerprint density at radius 2 is 2.12 bits per heavy atom. The molecule has 0 spiro atoms. The molecule has 0 bridgehead atoms. The SMILES string of the molecule is Cn1c(C2CCC([N+](=O)[O-])CC2)cnc1[C@@H](N)CC1CCCCN1. The van der Waals surface area contributed by atoms with Crippen molar-refractivity contribution in [1.82, 2.24) is 14.9 Å². The van der Waals surface area contributed by atoms with Gasteiger partial charge in [-0.2, -0.15) is 0 Å². The van der Waals surface area contributed by atoms with Gasteiger partial charge in [-0.15, -0.1) is 0 Å². The highest BCUT2D eigenvalue weighted by Crippen LogP contribution is 2.34. The lowest BCUT2D eigenvalue weighted by molar-refractivity contribution is -0.526. The fourth-order valence-electron chi connectivity index (χ4n) is 4.28. The van der Waals surface area contributed by atoms with Gasteiger partial charge in [0, 0.05) is 48.7 Å². The van der Waals surface area contributed by atoms with Crippen LogP contribution in [0.15, 0.2) is 6.20 Å². The van der Waals surface area contributed by atoms with Crippen molar-refractivity contribution in [2.45, 2.75) is 75.4 Å². The van der Waals surface area contributed by atoms with Crippen LogP contribution in [0, 0.1) is 10.1 Å². The number of nitrogens with one attached hydrogen (secondary N) is 1. The molecule has 134 valence electrons. The van der Waals surface area contributed by atoms with Gasteiger partial charge in [-0.3, -0.25) is 10.1 Å². The van der Waals surface area contributed by atoms with Gasteiger partial charge in [0.05, 0.1) is 6.04 Å². The molecule has 2 heterocycles. The van der Waals surface area contributed by atoms with Gasteiger partial charge in [0.15, 0.2) is 0 Å². The molecular weight excluding hydrogens is 306 g/mol. The zero-order chi connectivity index (χ0) is 17.1. The third-order valence-corrected chi connectivity index (χ3v) is 5.76. The summed E-state index contributed by atoms with van der Waals surface area (Å²) < 4.78 is 2.13. The number of hydrogen-bond acceptors (Lipinski definition) is 5. The number of aromatic nitrogens is 2. The first-order valence-corrected chi connectivity index (χ1v) is 9.20. The number of nitro groups is 1. The Morgan fingerprint density at radius 3 is 2.75 bits per heavy atom. The van der Waals surface area contributed by atoms with E-state index < -0.39 is 0 Å². The van der Waals surface area contributed by atoms with Crippen LogP contribution in [0.2, 0.25) is 0 Å². The quantitative estimate of drug-likeness (QED) is 0.635. The van der Waals surface area contributed by atoms with Crippen molar-refractivity contribution in [2.75, 3.05) is 6.54 Å². The van der Waals surface area contributed by atoms with Crippen LogP contribution >= 0.6 is 0 Å². The second kappa shape index (κ2) is 7.61. The molecule has 1 aliphatic heterocycles. The van der Waals surface area contributed by atoms with Crippen LogP contribution in [0.25, 0.3) is 0 Å². The largest absolute Gasteiger partial charge is 0.334 e. The Bertz CT molecular complexity index is 559. The van der Waals surface area contributed by atoms with E-state index >= 15 is 0 Å². The summed E-state index contributed by atoms with van der Waals surface area (Å²) >= 11 is 0. The van der Waals surface area contributed by atoms with Crippen molar-refractivity contribution < 1.29 is 4.92 Å². The van der Waals surface area contributed by atoms with E-state index in [2.05, 4.69) is 14.9 Å². The lowest BCUT2D eigenvalue weighted by Gasteiger charge is -2.27. The van der Waals surface area contributed by atoms with Gasteiger partial charge in [-0.05, 0) is 38.6 Å². The summed E-state index contributed by atoms with van der Waals surface area (Å²) in [6, 6.07) is 0.0625. The van der Waals surface area contributed by atoms with Gasteiger partial charge in [-0.1, -0.05) is 6.42 Å². The zero-order valence-corrected chi connectivity index (χ0v) is 14.5. The molecule has 0 radical (unpaired) electrons. The second-order valence-corrected chi connectivity index (χ2v) is 7.38. The molecule has 7 heteroatoms. The maximum atomic E-state index is 10.9. The third kappa shape index (κ3) is 3.78. The zero-order valence-electron chi connectivity index (χ0n) is 14.5. The van der Waals surface area contributed by atoms with Crippen molar-refractivity contribution in [3.05, 3.63) is 27.8 Å². The van der Waals surface area contributed by atoms with E-state index in [1.165, 1.54) is 25.0 Å². The average molecular weight is 335 g/mol. The van der Waals surface area contributed by atoms with E-state index in [4.69, 9.17) is 5.73 Å². The van der Waals surface area contributed by atoms with Crippen LogP contribution in [0.3, 0.4) is 0 Å². The third-order valence-electron chi connectivity index (χ3n) is 5.76. The molecule has 3 N–H and O–H groups in total. The van der Waals surface area contributed by atoms with Gasteiger partial charge >= 0.3 is 0 Å². The van der Waals surface area contributed by atoms with Crippen LogP contribution in [0.5, 0.6) is 0 Å². The molecular formula is C17H29N5O2. The van der Waals surface area contributed by atoms with Crippen molar-refractivity contribution in [3.63, 3.8) is 0 Å². The van der Waals surface area contributed by atoms with Gasteiger partial charge in [0.1, 0.15) is 5.82 Å². The predicted molar refractivity (Wildman–Crippen MR) is 92.4 cm³/mol. The summed E-state index contributed by atoms with van der Waals surface area (Å²) in [6.45, 7) is 1.09. The average Bonchev–Trinajstić information content (AvgIpc) is 2.97. The topological polar surface area (TPSA) is 99.0 Å². The monoisotopic (exact) mass is 335 g/mol.